The lowest BCUT2D eigenvalue weighted by Gasteiger charge is -2.22. The Bertz CT molecular complexity index is 550. The molecule has 0 bridgehead atoms. The van der Waals surface area contributed by atoms with Crippen LogP contribution in [-0.4, -0.2) is 19.6 Å². The van der Waals surface area contributed by atoms with Crippen LogP contribution in [0.1, 0.15) is 50.5 Å². The average Bonchev–Trinajstić information content (AvgIpc) is 2.68. The summed E-state index contributed by atoms with van der Waals surface area (Å²) in [6.07, 6.45) is 5.33. The van der Waals surface area contributed by atoms with Crippen molar-refractivity contribution in [2.45, 2.75) is 63.5 Å². The van der Waals surface area contributed by atoms with Crippen LogP contribution in [0.3, 0.4) is 0 Å². The molecule has 6 heteroatoms. The first-order valence-electron chi connectivity index (χ1n) is 7.16. The second-order valence-corrected chi connectivity index (χ2v) is 7.32. The maximum Gasteiger partial charge on any atom is 0.244 e. The van der Waals surface area contributed by atoms with E-state index in [0.717, 1.165) is 19.3 Å². The number of aliphatic hydroxyl groups excluding tert-OH is 1. The molecule has 2 rings (SSSR count). The monoisotopic (exact) mass is 301 g/mol. The standard InChI is InChI=1S/C14H23NO4S/c1-10-6-4-3-5-7-13(10)15-20(17,18)14-8-12(9-16)19-11(14)2/h8,10,13,15-16H,3-7,9H2,1-2H3. The van der Waals surface area contributed by atoms with Crippen molar-refractivity contribution in [1.29, 1.82) is 0 Å². The zero-order valence-corrected chi connectivity index (χ0v) is 12.9. The molecule has 1 aromatic heterocycles. The van der Waals surface area contributed by atoms with Gasteiger partial charge >= 0.3 is 0 Å². The number of aryl methyl sites for hydroxylation is 1. The van der Waals surface area contributed by atoms with Crippen molar-refractivity contribution in [3.63, 3.8) is 0 Å². The Morgan fingerprint density at radius 2 is 2.05 bits per heavy atom. The molecular weight excluding hydrogens is 278 g/mol. The molecule has 5 nitrogen and oxygen atoms in total. The van der Waals surface area contributed by atoms with Gasteiger partial charge in [-0.2, -0.15) is 0 Å². The number of rotatable bonds is 4. The van der Waals surface area contributed by atoms with E-state index in [1.54, 1.807) is 6.92 Å². The Morgan fingerprint density at radius 3 is 2.70 bits per heavy atom. The summed E-state index contributed by atoms with van der Waals surface area (Å²) in [4.78, 5) is 0.137. The first kappa shape index (κ1) is 15.5. The SMILES string of the molecule is Cc1oc(CO)cc1S(=O)(=O)NC1CCCCCC1C. The number of aliphatic hydroxyl groups is 1. The first-order valence-corrected chi connectivity index (χ1v) is 8.65. The summed E-state index contributed by atoms with van der Waals surface area (Å²) in [6, 6.07) is 1.38. The molecule has 2 unspecified atom stereocenters. The van der Waals surface area contributed by atoms with E-state index < -0.39 is 10.0 Å². The average molecular weight is 301 g/mol. The van der Waals surface area contributed by atoms with E-state index in [4.69, 9.17) is 9.52 Å². The van der Waals surface area contributed by atoms with Gasteiger partial charge in [-0.25, -0.2) is 13.1 Å². The minimum atomic E-state index is -3.58. The Morgan fingerprint density at radius 1 is 1.35 bits per heavy atom. The molecule has 0 aliphatic heterocycles. The molecule has 114 valence electrons. The molecule has 0 spiro atoms. The van der Waals surface area contributed by atoms with Gasteiger partial charge in [-0.05, 0) is 25.7 Å². The van der Waals surface area contributed by atoms with Crippen molar-refractivity contribution < 1.29 is 17.9 Å². The van der Waals surface area contributed by atoms with Crippen molar-refractivity contribution in [1.82, 2.24) is 4.72 Å². The second-order valence-electron chi connectivity index (χ2n) is 5.63. The Hall–Kier alpha value is -0.850. The van der Waals surface area contributed by atoms with Crippen LogP contribution < -0.4 is 4.72 Å². The highest BCUT2D eigenvalue weighted by Crippen LogP contribution is 2.26. The van der Waals surface area contributed by atoms with Crippen molar-refractivity contribution in [3.8, 4) is 0 Å². The summed E-state index contributed by atoms with van der Waals surface area (Å²) in [5.74, 6) is 0.941. The van der Waals surface area contributed by atoms with E-state index in [0.29, 0.717) is 11.7 Å². The number of furan rings is 1. The van der Waals surface area contributed by atoms with Crippen molar-refractivity contribution in [2.75, 3.05) is 0 Å². The predicted octanol–water partition coefficient (Wildman–Crippen LogP) is 2.33. The van der Waals surface area contributed by atoms with Gasteiger partial charge in [0.25, 0.3) is 0 Å². The zero-order valence-electron chi connectivity index (χ0n) is 12.1. The molecule has 1 aromatic rings. The van der Waals surface area contributed by atoms with Gasteiger partial charge in [0.2, 0.25) is 10.0 Å². The number of hydrogen-bond acceptors (Lipinski definition) is 4. The smallest absolute Gasteiger partial charge is 0.244 e. The van der Waals surface area contributed by atoms with E-state index in [2.05, 4.69) is 11.6 Å². The van der Waals surface area contributed by atoms with E-state index in [1.807, 2.05) is 0 Å². The van der Waals surface area contributed by atoms with Crippen LogP contribution >= 0.6 is 0 Å². The van der Waals surface area contributed by atoms with Crippen LogP contribution in [0.2, 0.25) is 0 Å². The van der Waals surface area contributed by atoms with Crippen LogP contribution in [0, 0.1) is 12.8 Å². The first-order chi connectivity index (χ1) is 9.44. The van der Waals surface area contributed by atoms with E-state index in [-0.39, 0.29) is 23.3 Å². The van der Waals surface area contributed by atoms with Crippen LogP contribution in [-0.2, 0) is 16.6 Å². The third-order valence-corrected chi connectivity index (χ3v) is 5.63. The van der Waals surface area contributed by atoms with Crippen LogP contribution in [0.15, 0.2) is 15.4 Å². The minimum absolute atomic E-state index is 0.0191. The summed E-state index contributed by atoms with van der Waals surface area (Å²) in [7, 11) is -3.58. The molecule has 0 amide bonds. The largest absolute Gasteiger partial charge is 0.462 e. The molecule has 0 aromatic carbocycles. The molecule has 20 heavy (non-hydrogen) atoms. The Kier molecular flexibility index (Phi) is 4.88. The quantitative estimate of drug-likeness (QED) is 0.837. The highest BCUT2D eigenvalue weighted by Gasteiger charge is 2.28. The molecule has 1 aliphatic rings. The molecule has 1 fully saturated rings. The van der Waals surface area contributed by atoms with Gasteiger partial charge in [0.15, 0.2) is 0 Å². The topological polar surface area (TPSA) is 79.5 Å². The maximum absolute atomic E-state index is 12.5. The van der Waals surface area contributed by atoms with Crippen molar-refractivity contribution in [2.24, 2.45) is 5.92 Å². The van der Waals surface area contributed by atoms with Gasteiger partial charge in [0.05, 0.1) is 0 Å². The van der Waals surface area contributed by atoms with Gasteiger partial charge in [0.1, 0.15) is 23.0 Å². The molecule has 1 heterocycles. The molecule has 1 aliphatic carbocycles. The van der Waals surface area contributed by atoms with Gasteiger partial charge in [-0.1, -0.05) is 26.2 Å². The lowest BCUT2D eigenvalue weighted by molar-refractivity contribution is 0.244. The summed E-state index contributed by atoms with van der Waals surface area (Å²) in [5, 5.41) is 9.03. The van der Waals surface area contributed by atoms with Gasteiger partial charge < -0.3 is 9.52 Å². The highest BCUT2D eigenvalue weighted by atomic mass is 32.2. The van der Waals surface area contributed by atoms with E-state index in [9.17, 15) is 8.42 Å². The lowest BCUT2D eigenvalue weighted by Crippen LogP contribution is -2.38. The molecule has 2 atom stereocenters. The number of nitrogens with one attached hydrogen (secondary N) is 1. The van der Waals surface area contributed by atoms with Gasteiger partial charge in [-0.15, -0.1) is 0 Å². The van der Waals surface area contributed by atoms with E-state index in [1.165, 1.54) is 18.9 Å². The summed E-state index contributed by atoms with van der Waals surface area (Å²) >= 11 is 0. The molecular formula is C14H23NO4S. The van der Waals surface area contributed by atoms with Gasteiger partial charge in [0, 0.05) is 12.1 Å². The fraction of sp³-hybridized carbons (Fsp3) is 0.714. The van der Waals surface area contributed by atoms with Crippen molar-refractivity contribution >= 4 is 10.0 Å². The van der Waals surface area contributed by atoms with E-state index >= 15 is 0 Å². The zero-order chi connectivity index (χ0) is 14.8. The maximum atomic E-state index is 12.5. The minimum Gasteiger partial charge on any atom is -0.462 e. The number of hydrogen-bond donors (Lipinski definition) is 2. The molecule has 1 saturated carbocycles. The molecule has 0 saturated heterocycles. The third-order valence-electron chi connectivity index (χ3n) is 4.04. The van der Waals surface area contributed by atoms with Crippen LogP contribution in [0.5, 0.6) is 0 Å². The third kappa shape index (κ3) is 3.42. The molecule has 2 N–H and O–H groups in total. The second kappa shape index (κ2) is 6.28. The fourth-order valence-corrected chi connectivity index (χ4v) is 4.38. The lowest BCUT2D eigenvalue weighted by atomic mass is 9.98. The van der Waals surface area contributed by atoms with Crippen LogP contribution in [0.4, 0.5) is 0 Å². The van der Waals surface area contributed by atoms with Crippen LogP contribution in [0.25, 0.3) is 0 Å². The summed E-state index contributed by atoms with van der Waals surface area (Å²) in [6.45, 7) is 3.40. The van der Waals surface area contributed by atoms with Crippen molar-refractivity contribution in [3.05, 3.63) is 17.6 Å². The summed E-state index contributed by atoms with van der Waals surface area (Å²) in [5.41, 5.74) is 0. The summed E-state index contributed by atoms with van der Waals surface area (Å²) < 4.78 is 32.9. The number of sulfonamides is 1. The normalized spacial score (nSPS) is 24.6. The van der Waals surface area contributed by atoms with Gasteiger partial charge in [-0.3, -0.25) is 0 Å². The fourth-order valence-electron chi connectivity index (χ4n) is 2.80. The molecule has 0 radical (unpaired) electrons. The highest BCUT2D eigenvalue weighted by molar-refractivity contribution is 7.89. The Labute approximate surface area is 120 Å². The Balaban J connectivity index is 2.19. The predicted molar refractivity (Wildman–Crippen MR) is 75.7 cm³/mol.